The van der Waals surface area contributed by atoms with E-state index < -0.39 is 11.5 Å². The van der Waals surface area contributed by atoms with Crippen molar-refractivity contribution in [3.8, 4) is 5.75 Å². The Labute approximate surface area is 155 Å². The molecule has 1 heterocycles. The third kappa shape index (κ3) is 5.12. The van der Waals surface area contributed by atoms with Crippen molar-refractivity contribution in [3.63, 3.8) is 0 Å². The predicted octanol–water partition coefficient (Wildman–Crippen LogP) is 1.49. The lowest BCUT2D eigenvalue weighted by Crippen LogP contribution is -2.49. The SMILES string of the molecule is C=C(NC1CCN(CCC(C)(N)C(=O)O)CC1)c1ccc(N)c(OC)c1. The minimum absolute atomic E-state index is 0.339. The van der Waals surface area contributed by atoms with E-state index in [1.165, 1.54) is 0 Å². The first kappa shape index (κ1) is 20.1. The average Bonchev–Trinajstić information content (AvgIpc) is 2.61. The average molecular weight is 362 g/mol. The molecule has 1 unspecified atom stereocenters. The van der Waals surface area contributed by atoms with Gasteiger partial charge in [-0.2, -0.15) is 0 Å². The Morgan fingerprint density at radius 3 is 2.69 bits per heavy atom. The molecule has 144 valence electrons. The lowest BCUT2D eigenvalue weighted by Gasteiger charge is -2.34. The van der Waals surface area contributed by atoms with Gasteiger partial charge >= 0.3 is 5.97 Å². The molecule has 2 rings (SSSR count). The van der Waals surface area contributed by atoms with E-state index in [2.05, 4.69) is 16.8 Å². The van der Waals surface area contributed by atoms with Gasteiger partial charge in [0, 0.05) is 36.9 Å². The summed E-state index contributed by atoms with van der Waals surface area (Å²) in [4.78, 5) is 13.4. The van der Waals surface area contributed by atoms with E-state index in [0.29, 0.717) is 30.4 Å². The van der Waals surface area contributed by atoms with Crippen LogP contribution in [-0.4, -0.2) is 54.3 Å². The van der Waals surface area contributed by atoms with Crippen molar-refractivity contribution in [2.45, 2.75) is 37.8 Å². The Balaban J connectivity index is 1.81. The van der Waals surface area contributed by atoms with E-state index in [-0.39, 0.29) is 0 Å². The van der Waals surface area contributed by atoms with E-state index in [4.69, 9.17) is 21.3 Å². The topological polar surface area (TPSA) is 114 Å². The summed E-state index contributed by atoms with van der Waals surface area (Å²) in [5, 5.41) is 12.6. The van der Waals surface area contributed by atoms with Gasteiger partial charge in [-0.15, -0.1) is 0 Å². The summed E-state index contributed by atoms with van der Waals surface area (Å²) < 4.78 is 5.26. The summed E-state index contributed by atoms with van der Waals surface area (Å²) >= 11 is 0. The third-order valence-corrected chi connectivity index (χ3v) is 4.98. The van der Waals surface area contributed by atoms with E-state index in [9.17, 15) is 4.79 Å². The molecule has 0 bridgehead atoms. The standard InChI is InChI=1S/C19H30N4O3/c1-13(14-4-5-16(20)17(12-14)26-3)22-15-6-9-23(10-7-15)11-8-19(2,21)18(24)25/h4-5,12,15,22H,1,6-11,20-21H2,2-3H3,(H,24,25). The molecule has 1 aliphatic rings. The number of hydrogen-bond donors (Lipinski definition) is 4. The number of likely N-dealkylation sites (tertiary alicyclic amines) is 1. The summed E-state index contributed by atoms with van der Waals surface area (Å²) in [6.45, 7) is 8.21. The second kappa shape index (κ2) is 8.42. The maximum atomic E-state index is 11.1. The minimum atomic E-state index is -1.17. The molecule has 0 spiro atoms. The van der Waals surface area contributed by atoms with Crippen LogP contribution >= 0.6 is 0 Å². The second-order valence-corrected chi connectivity index (χ2v) is 7.17. The van der Waals surface area contributed by atoms with Crippen LogP contribution in [0.2, 0.25) is 0 Å². The van der Waals surface area contributed by atoms with Crippen LogP contribution in [0.15, 0.2) is 24.8 Å². The number of carboxylic acids is 1. The van der Waals surface area contributed by atoms with Crippen molar-refractivity contribution in [2.75, 3.05) is 32.5 Å². The fourth-order valence-electron chi connectivity index (χ4n) is 3.03. The molecule has 26 heavy (non-hydrogen) atoms. The maximum Gasteiger partial charge on any atom is 0.323 e. The summed E-state index contributed by atoms with van der Waals surface area (Å²) in [6, 6.07) is 5.96. The van der Waals surface area contributed by atoms with E-state index in [1.807, 2.05) is 18.2 Å². The second-order valence-electron chi connectivity index (χ2n) is 7.17. The summed E-state index contributed by atoms with van der Waals surface area (Å²) in [7, 11) is 1.60. The molecule has 0 radical (unpaired) electrons. The van der Waals surface area contributed by atoms with Gasteiger partial charge < -0.3 is 31.5 Å². The predicted molar refractivity (Wildman–Crippen MR) is 104 cm³/mol. The Morgan fingerprint density at radius 1 is 1.46 bits per heavy atom. The molecular weight excluding hydrogens is 332 g/mol. The van der Waals surface area contributed by atoms with Gasteiger partial charge in [-0.25, -0.2) is 0 Å². The molecule has 1 aromatic rings. The molecule has 6 N–H and O–H groups in total. The first-order valence-electron chi connectivity index (χ1n) is 8.87. The molecule has 1 saturated heterocycles. The molecule has 1 fully saturated rings. The number of nitrogen functional groups attached to an aromatic ring is 1. The third-order valence-electron chi connectivity index (χ3n) is 4.98. The molecule has 0 amide bonds. The lowest BCUT2D eigenvalue weighted by atomic mass is 9.98. The van der Waals surface area contributed by atoms with Crippen LogP contribution in [0.3, 0.4) is 0 Å². The molecular formula is C19H30N4O3. The molecule has 0 aromatic heterocycles. The van der Waals surface area contributed by atoms with Crippen LogP contribution < -0.4 is 21.5 Å². The molecule has 1 atom stereocenters. The summed E-state index contributed by atoms with van der Waals surface area (Å²) in [5.41, 5.74) is 12.9. The summed E-state index contributed by atoms with van der Waals surface area (Å²) in [5.74, 6) is -0.312. The highest BCUT2D eigenvalue weighted by Gasteiger charge is 2.29. The zero-order valence-corrected chi connectivity index (χ0v) is 15.6. The van der Waals surface area contributed by atoms with Crippen LogP contribution in [0.1, 0.15) is 31.7 Å². The largest absolute Gasteiger partial charge is 0.495 e. The highest BCUT2D eigenvalue weighted by atomic mass is 16.5. The molecule has 1 aromatic carbocycles. The fraction of sp³-hybridized carbons (Fsp3) is 0.526. The van der Waals surface area contributed by atoms with Crippen molar-refractivity contribution in [3.05, 3.63) is 30.3 Å². The first-order valence-corrected chi connectivity index (χ1v) is 8.87. The Morgan fingerprint density at radius 2 is 2.12 bits per heavy atom. The van der Waals surface area contributed by atoms with E-state index in [0.717, 1.165) is 37.2 Å². The van der Waals surface area contributed by atoms with Gasteiger partial charge in [-0.1, -0.05) is 12.6 Å². The molecule has 1 aliphatic heterocycles. The number of nitrogens with zero attached hydrogens (tertiary/aromatic N) is 1. The summed E-state index contributed by atoms with van der Waals surface area (Å²) in [6.07, 6.45) is 2.39. The monoisotopic (exact) mass is 362 g/mol. The Hall–Kier alpha value is -2.25. The minimum Gasteiger partial charge on any atom is -0.495 e. The smallest absolute Gasteiger partial charge is 0.323 e. The number of rotatable bonds is 8. The van der Waals surface area contributed by atoms with Gasteiger partial charge in [-0.05, 0) is 38.3 Å². The number of carbonyl (C=O) groups is 1. The van der Waals surface area contributed by atoms with Crippen molar-refractivity contribution >= 4 is 17.4 Å². The Bertz CT molecular complexity index is 652. The van der Waals surface area contributed by atoms with Crippen molar-refractivity contribution in [2.24, 2.45) is 5.73 Å². The van der Waals surface area contributed by atoms with Crippen LogP contribution in [0.25, 0.3) is 5.70 Å². The number of nitrogens with one attached hydrogen (secondary N) is 1. The maximum absolute atomic E-state index is 11.1. The highest BCUT2D eigenvalue weighted by molar-refractivity contribution is 5.77. The van der Waals surface area contributed by atoms with Gasteiger partial charge in [-0.3, -0.25) is 4.79 Å². The number of carboxylic acid groups (broad SMARTS) is 1. The van der Waals surface area contributed by atoms with Gasteiger partial charge in [0.2, 0.25) is 0 Å². The van der Waals surface area contributed by atoms with Crippen LogP contribution in [0.4, 0.5) is 5.69 Å². The van der Waals surface area contributed by atoms with Gasteiger partial charge in [0.15, 0.2) is 0 Å². The normalized spacial score (nSPS) is 18.1. The van der Waals surface area contributed by atoms with Crippen molar-refractivity contribution in [1.82, 2.24) is 10.2 Å². The quantitative estimate of drug-likeness (QED) is 0.518. The zero-order valence-electron chi connectivity index (χ0n) is 15.6. The zero-order chi connectivity index (χ0) is 19.3. The molecule has 7 heteroatoms. The van der Waals surface area contributed by atoms with Crippen LogP contribution in [-0.2, 0) is 4.79 Å². The number of anilines is 1. The number of ether oxygens (including phenoxy) is 1. The Kier molecular flexibility index (Phi) is 6.50. The van der Waals surface area contributed by atoms with Gasteiger partial charge in [0.25, 0.3) is 0 Å². The van der Waals surface area contributed by atoms with Crippen LogP contribution in [0.5, 0.6) is 5.75 Å². The number of hydrogen-bond acceptors (Lipinski definition) is 6. The molecule has 7 nitrogen and oxygen atoms in total. The van der Waals surface area contributed by atoms with E-state index in [1.54, 1.807) is 14.0 Å². The van der Waals surface area contributed by atoms with Crippen LogP contribution in [0, 0.1) is 0 Å². The van der Waals surface area contributed by atoms with E-state index >= 15 is 0 Å². The number of nitrogens with two attached hydrogens (primary N) is 2. The van der Waals surface area contributed by atoms with Gasteiger partial charge in [0.1, 0.15) is 11.3 Å². The number of piperidine rings is 1. The molecule has 0 aliphatic carbocycles. The number of benzene rings is 1. The fourth-order valence-corrected chi connectivity index (χ4v) is 3.03. The van der Waals surface area contributed by atoms with Gasteiger partial charge in [0.05, 0.1) is 12.8 Å². The number of aliphatic carboxylic acids is 1. The van der Waals surface area contributed by atoms with Crippen molar-refractivity contribution < 1.29 is 14.6 Å². The highest BCUT2D eigenvalue weighted by Crippen LogP contribution is 2.25. The first-order chi connectivity index (χ1) is 12.2. The van der Waals surface area contributed by atoms with Crippen molar-refractivity contribution in [1.29, 1.82) is 0 Å². The molecule has 0 saturated carbocycles. The number of methoxy groups -OCH3 is 1. The lowest BCUT2D eigenvalue weighted by molar-refractivity contribution is -0.143.